The van der Waals surface area contributed by atoms with Crippen molar-refractivity contribution in [1.29, 1.82) is 0 Å². The Labute approximate surface area is 128 Å². The van der Waals surface area contributed by atoms with E-state index in [1.165, 1.54) is 0 Å². The van der Waals surface area contributed by atoms with Crippen LogP contribution in [0.2, 0.25) is 0 Å². The van der Waals surface area contributed by atoms with Gasteiger partial charge in [0.1, 0.15) is 0 Å². The summed E-state index contributed by atoms with van der Waals surface area (Å²) >= 11 is 3.45. The Morgan fingerprint density at radius 2 is 2.10 bits per heavy atom. The quantitative estimate of drug-likeness (QED) is 0.863. The molecule has 20 heavy (non-hydrogen) atoms. The number of primary amides is 1. The van der Waals surface area contributed by atoms with E-state index in [-0.39, 0.29) is 24.0 Å². The van der Waals surface area contributed by atoms with E-state index < -0.39 is 0 Å². The molecule has 0 aliphatic carbocycles. The van der Waals surface area contributed by atoms with Crippen molar-refractivity contribution in [3.8, 4) is 0 Å². The fourth-order valence-corrected chi connectivity index (χ4v) is 3.26. The number of halogens is 1. The van der Waals surface area contributed by atoms with Crippen LogP contribution in [0.15, 0.2) is 28.7 Å². The van der Waals surface area contributed by atoms with Gasteiger partial charge in [0.2, 0.25) is 5.91 Å². The van der Waals surface area contributed by atoms with E-state index in [9.17, 15) is 4.79 Å². The smallest absolute Gasteiger partial charge is 0.234 e. The summed E-state index contributed by atoms with van der Waals surface area (Å²) in [7, 11) is 0. The number of carbonyl (C=O) groups is 1. The van der Waals surface area contributed by atoms with E-state index in [2.05, 4.69) is 39.9 Å². The third kappa shape index (κ3) is 3.22. The topological polar surface area (TPSA) is 72.3 Å². The van der Waals surface area contributed by atoms with Gasteiger partial charge in [-0.25, -0.2) is 0 Å². The van der Waals surface area contributed by atoms with E-state index in [1.807, 2.05) is 12.1 Å². The first-order chi connectivity index (χ1) is 9.54. The van der Waals surface area contributed by atoms with Gasteiger partial charge in [-0.05, 0) is 43.5 Å². The Bertz CT molecular complexity index is 463. The highest BCUT2D eigenvalue weighted by Crippen LogP contribution is 2.32. The molecule has 0 saturated carbocycles. The highest BCUT2D eigenvalue weighted by atomic mass is 79.9. The van der Waals surface area contributed by atoms with Crippen molar-refractivity contribution in [1.82, 2.24) is 4.90 Å². The minimum atomic E-state index is -0.243. The molecule has 1 aromatic carbocycles. The van der Waals surface area contributed by atoms with E-state index in [0.29, 0.717) is 0 Å². The molecule has 1 aliphatic rings. The van der Waals surface area contributed by atoms with Crippen LogP contribution >= 0.6 is 15.9 Å². The van der Waals surface area contributed by atoms with Gasteiger partial charge in [0.25, 0.3) is 0 Å². The van der Waals surface area contributed by atoms with E-state index in [0.717, 1.165) is 35.8 Å². The predicted octanol–water partition coefficient (Wildman–Crippen LogP) is 2.18. The molecule has 1 aliphatic heterocycles. The van der Waals surface area contributed by atoms with Crippen LogP contribution in [0.4, 0.5) is 0 Å². The van der Waals surface area contributed by atoms with Crippen LogP contribution in [0.5, 0.6) is 0 Å². The van der Waals surface area contributed by atoms with Crippen LogP contribution in [0.3, 0.4) is 0 Å². The summed E-state index contributed by atoms with van der Waals surface area (Å²) in [5.74, 6) is -0.243. The van der Waals surface area contributed by atoms with E-state index >= 15 is 0 Å². The zero-order valence-electron chi connectivity index (χ0n) is 11.8. The van der Waals surface area contributed by atoms with Crippen LogP contribution < -0.4 is 11.5 Å². The summed E-state index contributed by atoms with van der Waals surface area (Å²) in [6.07, 6.45) is 2.69. The first-order valence-corrected chi connectivity index (χ1v) is 7.90. The zero-order valence-corrected chi connectivity index (χ0v) is 13.3. The first kappa shape index (κ1) is 15.5. The minimum absolute atomic E-state index is 0.00359. The van der Waals surface area contributed by atoms with Crippen molar-refractivity contribution in [3.63, 3.8) is 0 Å². The molecule has 4 nitrogen and oxygen atoms in total. The Morgan fingerprint density at radius 1 is 1.45 bits per heavy atom. The molecule has 110 valence electrons. The Kier molecular flexibility index (Phi) is 5.18. The second-order valence-corrected chi connectivity index (χ2v) is 6.28. The lowest BCUT2D eigenvalue weighted by molar-refractivity contribution is -0.123. The number of hydrogen-bond acceptors (Lipinski definition) is 3. The second-order valence-electron chi connectivity index (χ2n) is 5.37. The Balaban J connectivity index is 2.32. The number of nitrogens with zero attached hydrogens (tertiary/aromatic N) is 1. The molecule has 4 N–H and O–H groups in total. The summed E-state index contributed by atoms with van der Waals surface area (Å²) < 4.78 is 1.04. The van der Waals surface area contributed by atoms with Crippen molar-refractivity contribution >= 4 is 21.8 Å². The zero-order chi connectivity index (χ0) is 14.7. The maximum atomic E-state index is 11.6. The molecule has 0 bridgehead atoms. The summed E-state index contributed by atoms with van der Waals surface area (Å²) in [6.45, 7) is 2.95. The highest BCUT2D eigenvalue weighted by Gasteiger charge is 2.37. The molecular formula is C15H22BrN3O. The van der Waals surface area contributed by atoms with E-state index in [4.69, 9.17) is 11.5 Å². The summed E-state index contributed by atoms with van der Waals surface area (Å²) in [4.78, 5) is 13.8. The van der Waals surface area contributed by atoms with Gasteiger partial charge in [-0.15, -0.1) is 0 Å². The SMILES string of the molecule is CCC(N)C(c1ccc(Br)cc1)N1CCCC1C(N)=O. The number of nitrogens with two attached hydrogens (primary N) is 2. The van der Waals surface area contributed by atoms with Gasteiger partial charge in [0.05, 0.1) is 12.1 Å². The van der Waals surface area contributed by atoms with Crippen molar-refractivity contribution in [2.45, 2.75) is 44.3 Å². The van der Waals surface area contributed by atoms with Crippen LogP contribution in [-0.2, 0) is 4.79 Å². The monoisotopic (exact) mass is 339 g/mol. The number of carbonyl (C=O) groups excluding carboxylic acids is 1. The molecule has 1 amide bonds. The van der Waals surface area contributed by atoms with Gasteiger partial charge >= 0.3 is 0 Å². The molecule has 1 aromatic rings. The second kappa shape index (κ2) is 6.70. The molecule has 0 aromatic heterocycles. The normalized spacial score (nSPS) is 22.6. The molecule has 3 unspecified atom stereocenters. The van der Waals surface area contributed by atoms with Crippen LogP contribution in [-0.4, -0.2) is 29.4 Å². The number of rotatable bonds is 5. The molecule has 1 heterocycles. The van der Waals surface area contributed by atoms with Crippen LogP contribution in [0.25, 0.3) is 0 Å². The fourth-order valence-electron chi connectivity index (χ4n) is 3.00. The van der Waals surface area contributed by atoms with Gasteiger partial charge in [-0.1, -0.05) is 35.0 Å². The van der Waals surface area contributed by atoms with Crippen molar-refractivity contribution < 1.29 is 4.79 Å². The third-order valence-corrected chi connectivity index (χ3v) is 4.60. The Hall–Kier alpha value is -0.910. The largest absolute Gasteiger partial charge is 0.368 e. The van der Waals surface area contributed by atoms with Gasteiger partial charge in [-0.3, -0.25) is 9.69 Å². The molecule has 1 fully saturated rings. The summed E-state index contributed by atoms with van der Waals surface area (Å²) in [5.41, 5.74) is 13.0. The molecule has 5 heteroatoms. The molecule has 2 rings (SSSR count). The molecular weight excluding hydrogens is 318 g/mol. The van der Waals surface area contributed by atoms with Gasteiger partial charge in [0, 0.05) is 10.5 Å². The standard InChI is InChI=1S/C15H22BrN3O/c1-2-12(17)14(10-5-7-11(16)8-6-10)19-9-3-4-13(19)15(18)20/h5-8,12-14H,2-4,9,17H2,1H3,(H2,18,20). The first-order valence-electron chi connectivity index (χ1n) is 7.10. The lowest BCUT2D eigenvalue weighted by Gasteiger charge is -2.35. The molecule has 0 radical (unpaired) electrons. The molecule has 3 atom stereocenters. The van der Waals surface area contributed by atoms with Crippen LogP contribution in [0.1, 0.15) is 37.8 Å². The Morgan fingerprint density at radius 3 is 2.65 bits per heavy atom. The maximum absolute atomic E-state index is 11.6. The average molecular weight is 340 g/mol. The van der Waals surface area contributed by atoms with Crippen LogP contribution in [0, 0.1) is 0 Å². The average Bonchev–Trinajstić information content (AvgIpc) is 2.90. The van der Waals surface area contributed by atoms with E-state index in [1.54, 1.807) is 0 Å². The summed E-state index contributed by atoms with van der Waals surface area (Å²) in [5, 5.41) is 0. The minimum Gasteiger partial charge on any atom is -0.368 e. The highest BCUT2D eigenvalue weighted by molar-refractivity contribution is 9.10. The number of benzene rings is 1. The fraction of sp³-hybridized carbons (Fsp3) is 0.533. The molecule has 1 saturated heterocycles. The number of hydrogen-bond donors (Lipinski definition) is 2. The number of amides is 1. The van der Waals surface area contributed by atoms with Gasteiger partial charge in [0.15, 0.2) is 0 Å². The third-order valence-electron chi connectivity index (χ3n) is 4.07. The van der Waals surface area contributed by atoms with Gasteiger partial charge in [-0.2, -0.15) is 0 Å². The molecule has 0 spiro atoms. The predicted molar refractivity (Wildman–Crippen MR) is 84.1 cm³/mol. The lowest BCUT2D eigenvalue weighted by Crippen LogP contribution is -2.47. The maximum Gasteiger partial charge on any atom is 0.234 e. The van der Waals surface area contributed by atoms with Crippen molar-refractivity contribution in [3.05, 3.63) is 34.3 Å². The van der Waals surface area contributed by atoms with Crippen molar-refractivity contribution in [2.24, 2.45) is 11.5 Å². The number of likely N-dealkylation sites (tertiary alicyclic amines) is 1. The van der Waals surface area contributed by atoms with Crippen molar-refractivity contribution in [2.75, 3.05) is 6.54 Å². The summed E-state index contributed by atoms with van der Waals surface area (Å²) in [6, 6.07) is 8.02. The van der Waals surface area contributed by atoms with Gasteiger partial charge < -0.3 is 11.5 Å². The lowest BCUT2D eigenvalue weighted by atomic mass is 9.95.